The van der Waals surface area contributed by atoms with E-state index in [1.165, 1.54) is 58.2 Å². The third kappa shape index (κ3) is 3.72. The number of hydrogen-bond donors (Lipinski definition) is 1. The Morgan fingerprint density at radius 3 is 2.44 bits per heavy atom. The summed E-state index contributed by atoms with van der Waals surface area (Å²) in [5.41, 5.74) is 0. The molecule has 0 aromatic rings. The first-order valence-electron chi connectivity index (χ1n) is 6.91. The number of likely N-dealkylation sites (N-methyl/N-ethyl adjacent to an activating group) is 1. The SMILES string of the molecule is CNCC1CCC(CN2CCCCCC2)O1. The maximum absolute atomic E-state index is 6.04. The zero-order valence-electron chi connectivity index (χ0n) is 10.6. The van der Waals surface area contributed by atoms with Crippen molar-refractivity contribution in [2.45, 2.75) is 50.7 Å². The molecule has 0 aliphatic carbocycles. The average molecular weight is 226 g/mol. The Morgan fingerprint density at radius 1 is 1.06 bits per heavy atom. The van der Waals surface area contributed by atoms with E-state index >= 15 is 0 Å². The molecule has 0 bridgehead atoms. The van der Waals surface area contributed by atoms with E-state index in [0.717, 1.165) is 6.54 Å². The summed E-state index contributed by atoms with van der Waals surface area (Å²) < 4.78 is 6.04. The molecule has 2 unspecified atom stereocenters. The van der Waals surface area contributed by atoms with E-state index < -0.39 is 0 Å². The number of nitrogens with one attached hydrogen (secondary N) is 1. The van der Waals surface area contributed by atoms with Crippen LogP contribution in [0.2, 0.25) is 0 Å². The second-order valence-electron chi connectivity index (χ2n) is 5.23. The predicted octanol–water partition coefficient (Wildman–Crippen LogP) is 1.63. The van der Waals surface area contributed by atoms with E-state index in [1.807, 2.05) is 7.05 Å². The summed E-state index contributed by atoms with van der Waals surface area (Å²) in [5.74, 6) is 0. The van der Waals surface area contributed by atoms with Crippen molar-refractivity contribution >= 4 is 0 Å². The van der Waals surface area contributed by atoms with Crippen LogP contribution in [-0.2, 0) is 4.74 Å². The molecule has 1 N–H and O–H groups in total. The van der Waals surface area contributed by atoms with E-state index in [1.54, 1.807) is 0 Å². The summed E-state index contributed by atoms with van der Waals surface area (Å²) in [4.78, 5) is 2.61. The topological polar surface area (TPSA) is 24.5 Å². The minimum absolute atomic E-state index is 0.460. The molecule has 3 nitrogen and oxygen atoms in total. The summed E-state index contributed by atoms with van der Waals surface area (Å²) in [6.45, 7) is 4.75. The molecule has 2 rings (SSSR count). The third-order valence-electron chi connectivity index (χ3n) is 3.79. The van der Waals surface area contributed by atoms with Gasteiger partial charge in [0, 0.05) is 13.1 Å². The van der Waals surface area contributed by atoms with Gasteiger partial charge in [0.05, 0.1) is 12.2 Å². The molecule has 0 amide bonds. The quantitative estimate of drug-likeness (QED) is 0.788. The first kappa shape index (κ1) is 12.3. The lowest BCUT2D eigenvalue weighted by Gasteiger charge is -2.23. The zero-order valence-corrected chi connectivity index (χ0v) is 10.6. The lowest BCUT2D eigenvalue weighted by atomic mass is 10.2. The highest BCUT2D eigenvalue weighted by Gasteiger charge is 2.26. The smallest absolute Gasteiger partial charge is 0.0707 e. The van der Waals surface area contributed by atoms with Gasteiger partial charge in [0.25, 0.3) is 0 Å². The molecule has 2 fully saturated rings. The highest BCUT2D eigenvalue weighted by molar-refractivity contribution is 4.78. The van der Waals surface area contributed by atoms with E-state index in [-0.39, 0.29) is 0 Å². The number of rotatable bonds is 4. The van der Waals surface area contributed by atoms with Crippen LogP contribution >= 0.6 is 0 Å². The van der Waals surface area contributed by atoms with Crippen molar-refractivity contribution < 1.29 is 4.74 Å². The van der Waals surface area contributed by atoms with Crippen LogP contribution in [0.25, 0.3) is 0 Å². The van der Waals surface area contributed by atoms with Crippen molar-refractivity contribution in [2.24, 2.45) is 0 Å². The van der Waals surface area contributed by atoms with Crippen LogP contribution < -0.4 is 5.32 Å². The molecular formula is C13H26N2O. The molecule has 0 saturated carbocycles. The summed E-state index contributed by atoms with van der Waals surface area (Å²) in [6.07, 6.45) is 9.05. The van der Waals surface area contributed by atoms with Crippen molar-refractivity contribution in [3.63, 3.8) is 0 Å². The highest BCUT2D eigenvalue weighted by atomic mass is 16.5. The standard InChI is InChI=1S/C13H26N2O/c1-14-10-12-6-7-13(16-12)11-15-8-4-2-3-5-9-15/h12-14H,2-11H2,1H3. The zero-order chi connectivity index (χ0) is 11.2. The van der Waals surface area contributed by atoms with Crippen molar-refractivity contribution in [3.8, 4) is 0 Å². The van der Waals surface area contributed by atoms with Crippen molar-refractivity contribution in [3.05, 3.63) is 0 Å². The summed E-state index contributed by atoms with van der Waals surface area (Å²) in [5, 5.41) is 3.21. The van der Waals surface area contributed by atoms with Gasteiger partial charge in [0.1, 0.15) is 0 Å². The molecule has 0 spiro atoms. The van der Waals surface area contributed by atoms with Gasteiger partial charge in [0.15, 0.2) is 0 Å². The van der Waals surface area contributed by atoms with Crippen molar-refractivity contribution in [2.75, 3.05) is 33.2 Å². The fourth-order valence-electron chi connectivity index (χ4n) is 2.90. The van der Waals surface area contributed by atoms with Crippen molar-refractivity contribution in [1.82, 2.24) is 10.2 Å². The Hall–Kier alpha value is -0.120. The molecule has 0 aromatic heterocycles. The normalized spacial score (nSPS) is 32.8. The fourth-order valence-corrected chi connectivity index (χ4v) is 2.90. The van der Waals surface area contributed by atoms with E-state index in [9.17, 15) is 0 Å². The number of likely N-dealkylation sites (tertiary alicyclic amines) is 1. The molecule has 2 aliphatic rings. The van der Waals surface area contributed by atoms with Gasteiger partial charge in [-0.05, 0) is 45.8 Å². The summed E-state index contributed by atoms with van der Waals surface area (Å²) in [7, 11) is 2.01. The van der Waals surface area contributed by atoms with Gasteiger partial charge in [-0.3, -0.25) is 0 Å². The van der Waals surface area contributed by atoms with Crippen LogP contribution in [0, 0.1) is 0 Å². The van der Waals surface area contributed by atoms with Crippen LogP contribution in [0.5, 0.6) is 0 Å². The Balaban J connectivity index is 1.69. The van der Waals surface area contributed by atoms with Gasteiger partial charge in [0.2, 0.25) is 0 Å². The molecule has 16 heavy (non-hydrogen) atoms. The van der Waals surface area contributed by atoms with Gasteiger partial charge in [-0.1, -0.05) is 12.8 Å². The second-order valence-corrected chi connectivity index (χ2v) is 5.23. The van der Waals surface area contributed by atoms with Crippen LogP contribution in [0.3, 0.4) is 0 Å². The minimum atomic E-state index is 0.460. The van der Waals surface area contributed by atoms with Crippen molar-refractivity contribution in [1.29, 1.82) is 0 Å². The van der Waals surface area contributed by atoms with Gasteiger partial charge in [-0.25, -0.2) is 0 Å². The Morgan fingerprint density at radius 2 is 1.75 bits per heavy atom. The first-order chi connectivity index (χ1) is 7.88. The van der Waals surface area contributed by atoms with E-state index in [4.69, 9.17) is 4.74 Å². The van der Waals surface area contributed by atoms with Gasteiger partial charge in [-0.2, -0.15) is 0 Å². The van der Waals surface area contributed by atoms with Gasteiger partial charge in [-0.15, -0.1) is 0 Å². The van der Waals surface area contributed by atoms with Crippen LogP contribution in [0.1, 0.15) is 38.5 Å². The molecule has 2 heterocycles. The Labute approximate surface area is 99.5 Å². The van der Waals surface area contributed by atoms with E-state index in [0.29, 0.717) is 12.2 Å². The molecule has 2 aliphatic heterocycles. The van der Waals surface area contributed by atoms with Crippen LogP contribution in [0.4, 0.5) is 0 Å². The summed E-state index contributed by atoms with van der Waals surface area (Å²) in [6, 6.07) is 0. The minimum Gasteiger partial charge on any atom is -0.372 e. The molecule has 2 saturated heterocycles. The third-order valence-corrected chi connectivity index (χ3v) is 3.79. The number of hydrogen-bond acceptors (Lipinski definition) is 3. The van der Waals surface area contributed by atoms with Gasteiger partial charge < -0.3 is 15.0 Å². The molecule has 3 heteroatoms. The fraction of sp³-hybridized carbons (Fsp3) is 1.00. The second kappa shape index (κ2) is 6.58. The maximum Gasteiger partial charge on any atom is 0.0707 e. The first-order valence-corrected chi connectivity index (χ1v) is 6.91. The largest absolute Gasteiger partial charge is 0.372 e. The summed E-state index contributed by atoms with van der Waals surface area (Å²) >= 11 is 0. The van der Waals surface area contributed by atoms with Crippen LogP contribution in [-0.4, -0.2) is 50.3 Å². The Kier molecular flexibility index (Phi) is 5.07. The molecular weight excluding hydrogens is 200 g/mol. The van der Waals surface area contributed by atoms with E-state index in [2.05, 4.69) is 10.2 Å². The maximum atomic E-state index is 6.04. The highest BCUT2D eigenvalue weighted by Crippen LogP contribution is 2.21. The molecule has 0 radical (unpaired) electrons. The lowest BCUT2D eigenvalue weighted by molar-refractivity contribution is 0.0248. The molecule has 0 aromatic carbocycles. The van der Waals surface area contributed by atoms with Crippen LogP contribution in [0.15, 0.2) is 0 Å². The Bertz CT molecular complexity index is 190. The monoisotopic (exact) mass is 226 g/mol. The number of nitrogens with zero attached hydrogens (tertiary/aromatic N) is 1. The molecule has 94 valence electrons. The lowest BCUT2D eigenvalue weighted by Crippen LogP contribution is -2.34. The molecule has 2 atom stereocenters. The van der Waals surface area contributed by atoms with Gasteiger partial charge >= 0.3 is 0 Å². The number of ether oxygens (including phenoxy) is 1. The predicted molar refractivity (Wildman–Crippen MR) is 66.7 cm³/mol. The average Bonchev–Trinajstić information content (AvgIpc) is 2.56.